The third-order valence-electron chi connectivity index (χ3n) is 2.36. The van der Waals surface area contributed by atoms with Crippen molar-refractivity contribution in [1.82, 2.24) is 0 Å². The molecule has 3 N–H and O–H groups in total. The highest BCUT2D eigenvalue weighted by Crippen LogP contribution is 2.24. The molecule has 1 amide bonds. The van der Waals surface area contributed by atoms with Gasteiger partial charge in [-0.1, -0.05) is 34.8 Å². The van der Waals surface area contributed by atoms with E-state index in [2.05, 4.69) is 5.32 Å². The predicted molar refractivity (Wildman–Crippen MR) is 80.3 cm³/mol. The second kappa shape index (κ2) is 5.70. The molecule has 0 bridgehead atoms. The van der Waals surface area contributed by atoms with Gasteiger partial charge in [-0.2, -0.15) is 0 Å². The topological polar surface area (TPSA) is 55.1 Å². The Morgan fingerprint density at radius 2 is 1.63 bits per heavy atom. The standard InChI is InChI=1S/C13H9Cl3N2O/c14-7-3-8(15)5-10(4-7)18-13(19)11-6-9(17)1-2-12(11)16/h1-6H,17H2,(H,18,19). The largest absolute Gasteiger partial charge is 0.399 e. The maximum absolute atomic E-state index is 12.1. The van der Waals surface area contributed by atoms with Crippen LogP contribution in [-0.4, -0.2) is 5.91 Å². The Bertz CT molecular complexity index is 624. The first kappa shape index (κ1) is 14.0. The number of hydrogen-bond donors (Lipinski definition) is 2. The lowest BCUT2D eigenvalue weighted by Crippen LogP contribution is -2.12. The first-order valence-corrected chi connectivity index (χ1v) is 6.41. The van der Waals surface area contributed by atoms with Crippen LogP contribution in [0.15, 0.2) is 36.4 Å². The predicted octanol–water partition coefficient (Wildman–Crippen LogP) is 4.48. The van der Waals surface area contributed by atoms with Crippen molar-refractivity contribution in [3.8, 4) is 0 Å². The molecule has 0 spiro atoms. The van der Waals surface area contributed by atoms with Crippen molar-refractivity contribution in [2.75, 3.05) is 11.1 Å². The minimum Gasteiger partial charge on any atom is -0.399 e. The molecule has 0 aliphatic carbocycles. The monoisotopic (exact) mass is 314 g/mol. The Morgan fingerprint density at radius 1 is 1.00 bits per heavy atom. The fourth-order valence-electron chi connectivity index (χ4n) is 1.54. The van der Waals surface area contributed by atoms with Gasteiger partial charge < -0.3 is 11.1 Å². The maximum atomic E-state index is 12.1. The zero-order valence-electron chi connectivity index (χ0n) is 9.58. The Labute approximate surface area is 125 Å². The van der Waals surface area contributed by atoms with Crippen LogP contribution in [-0.2, 0) is 0 Å². The maximum Gasteiger partial charge on any atom is 0.257 e. The number of carbonyl (C=O) groups is 1. The summed E-state index contributed by atoms with van der Waals surface area (Å²) in [6, 6.07) is 9.44. The number of nitrogens with one attached hydrogen (secondary N) is 1. The third-order valence-corrected chi connectivity index (χ3v) is 3.12. The van der Waals surface area contributed by atoms with Gasteiger partial charge in [-0.15, -0.1) is 0 Å². The number of benzene rings is 2. The summed E-state index contributed by atoms with van der Waals surface area (Å²) < 4.78 is 0. The lowest BCUT2D eigenvalue weighted by molar-refractivity contribution is 0.102. The molecule has 0 saturated carbocycles. The summed E-state index contributed by atoms with van der Waals surface area (Å²) in [5.74, 6) is -0.379. The quantitative estimate of drug-likeness (QED) is 0.803. The summed E-state index contributed by atoms with van der Waals surface area (Å²) in [5, 5.41) is 3.84. The van der Waals surface area contributed by atoms with E-state index >= 15 is 0 Å². The molecule has 2 aromatic rings. The summed E-state index contributed by atoms with van der Waals surface area (Å²) in [7, 11) is 0. The van der Waals surface area contributed by atoms with Crippen molar-refractivity contribution < 1.29 is 4.79 Å². The molecule has 2 rings (SSSR count). The molecule has 0 fully saturated rings. The smallest absolute Gasteiger partial charge is 0.257 e. The Morgan fingerprint density at radius 3 is 2.26 bits per heavy atom. The third kappa shape index (κ3) is 3.53. The van der Waals surface area contributed by atoms with Crippen molar-refractivity contribution in [3.05, 3.63) is 57.0 Å². The molecule has 0 aliphatic heterocycles. The van der Waals surface area contributed by atoms with E-state index in [0.29, 0.717) is 26.4 Å². The average Bonchev–Trinajstić information content (AvgIpc) is 2.30. The second-order valence-corrected chi connectivity index (χ2v) is 5.13. The van der Waals surface area contributed by atoms with Gasteiger partial charge in [0.1, 0.15) is 0 Å². The number of amides is 1. The highest BCUT2D eigenvalue weighted by Gasteiger charge is 2.11. The van der Waals surface area contributed by atoms with Crippen LogP contribution in [0.1, 0.15) is 10.4 Å². The van der Waals surface area contributed by atoms with Crippen LogP contribution >= 0.6 is 34.8 Å². The summed E-state index contributed by atoms with van der Waals surface area (Å²) in [6.45, 7) is 0. The molecule has 0 atom stereocenters. The molecular formula is C13H9Cl3N2O. The Balaban J connectivity index is 2.28. The highest BCUT2D eigenvalue weighted by atomic mass is 35.5. The van der Waals surface area contributed by atoms with E-state index in [9.17, 15) is 4.79 Å². The van der Waals surface area contributed by atoms with Crippen LogP contribution in [0.5, 0.6) is 0 Å². The molecule has 0 aliphatic rings. The van der Waals surface area contributed by atoms with Crippen molar-refractivity contribution in [2.45, 2.75) is 0 Å². The summed E-state index contributed by atoms with van der Waals surface area (Å²) in [5.41, 5.74) is 6.86. The van der Waals surface area contributed by atoms with E-state index in [4.69, 9.17) is 40.5 Å². The summed E-state index contributed by atoms with van der Waals surface area (Å²) in [6.07, 6.45) is 0. The average molecular weight is 316 g/mol. The number of anilines is 2. The van der Waals surface area contributed by atoms with Gasteiger partial charge in [-0.25, -0.2) is 0 Å². The van der Waals surface area contributed by atoms with Crippen molar-refractivity contribution in [3.63, 3.8) is 0 Å². The van der Waals surface area contributed by atoms with Crippen LogP contribution < -0.4 is 11.1 Å². The van der Waals surface area contributed by atoms with Gasteiger partial charge in [-0.3, -0.25) is 4.79 Å². The number of hydrogen-bond acceptors (Lipinski definition) is 2. The van der Waals surface area contributed by atoms with Crippen molar-refractivity contribution in [1.29, 1.82) is 0 Å². The van der Waals surface area contributed by atoms with E-state index in [0.717, 1.165) is 0 Å². The first-order valence-electron chi connectivity index (χ1n) is 5.28. The van der Waals surface area contributed by atoms with Crippen molar-refractivity contribution in [2.24, 2.45) is 0 Å². The van der Waals surface area contributed by atoms with Gasteiger partial charge in [-0.05, 0) is 36.4 Å². The molecule has 3 nitrogen and oxygen atoms in total. The zero-order chi connectivity index (χ0) is 14.0. The van der Waals surface area contributed by atoms with E-state index < -0.39 is 0 Å². The minimum atomic E-state index is -0.379. The number of nitrogens with two attached hydrogens (primary N) is 1. The molecule has 0 unspecified atom stereocenters. The number of carbonyl (C=O) groups excluding carboxylic acids is 1. The van der Waals surface area contributed by atoms with Gasteiger partial charge >= 0.3 is 0 Å². The molecular weight excluding hydrogens is 307 g/mol. The SMILES string of the molecule is Nc1ccc(Cl)c(C(=O)Nc2cc(Cl)cc(Cl)c2)c1. The van der Waals surface area contributed by atoms with Gasteiger partial charge in [0.15, 0.2) is 0 Å². The molecule has 0 radical (unpaired) electrons. The van der Waals surface area contributed by atoms with E-state index in [-0.39, 0.29) is 11.5 Å². The number of halogens is 3. The molecule has 0 aromatic heterocycles. The van der Waals surface area contributed by atoms with E-state index in [1.165, 1.54) is 6.07 Å². The first-order chi connectivity index (χ1) is 8.95. The van der Waals surface area contributed by atoms with Crippen LogP contribution in [0, 0.1) is 0 Å². The fourth-order valence-corrected chi connectivity index (χ4v) is 2.27. The van der Waals surface area contributed by atoms with Crippen molar-refractivity contribution >= 4 is 52.1 Å². The molecule has 0 saturated heterocycles. The molecule has 0 heterocycles. The Kier molecular flexibility index (Phi) is 4.20. The number of rotatable bonds is 2. The molecule has 98 valence electrons. The van der Waals surface area contributed by atoms with Crippen LogP contribution in [0.4, 0.5) is 11.4 Å². The molecule has 6 heteroatoms. The van der Waals surface area contributed by atoms with Gasteiger partial charge in [0.2, 0.25) is 0 Å². The van der Waals surface area contributed by atoms with Gasteiger partial charge in [0.25, 0.3) is 5.91 Å². The second-order valence-electron chi connectivity index (χ2n) is 3.85. The lowest BCUT2D eigenvalue weighted by Gasteiger charge is -2.08. The van der Waals surface area contributed by atoms with E-state index in [1.54, 1.807) is 30.3 Å². The minimum absolute atomic E-state index is 0.290. The van der Waals surface area contributed by atoms with Crippen LogP contribution in [0.3, 0.4) is 0 Å². The van der Waals surface area contributed by atoms with Crippen LogP contribution in [0.2, 0.25) is 15.1 Å². The van der Waals surface area contributed by atoms with Gasteiger partial charge in [0.05, 0.1) is 10.6 Å². The molecule has 19 heavy (non-hydrogen) atoms. The fraction of sp³-hybridized carbons (Fsp3) is 0. The highest BCUT2D eigenvalue weighted by molar-refractivity contribution is 6.36. The lowest BCUT2D eigenvalue weighted by atomic mass is 10.2. The summed E-state index contributed by atoms with van der Waals surface area (Å²) >= 11 is 17.7. The summed E-state index contributed by atoms with van der Waals surface area (Å²) in [4.78, 5) is 12.1. The normalized spacial score (nSPS) is 10.3. The van der Waals surface area contributed by atoms with E-state index in [1.807, 2.05) is 0 Å². The molecule has 2 aromatic carbocycles. The Hall–Kier alpha value is -1.42. The van der Waals surface area contributed by atoms with Gasteiger partial charge in [0, 0.05) is 21.4 Å². The number of nitrogen functional groups attached to an aromatic ring is 1. The van der Waals surface area contributed by atoms with Crippen LogP contribution in [0.25, 0.3) is 0 Å². The zero-order valence-corrected chi connectivity index (χ0v) is 11.9.